The minimum absolute atomic E-state index is 0.0678. The van der Waals surface area contributed by atoms with Crippen molar-refractivity contribution in [3.05, 3.63) is 36.5 Å². The standard InChI is InChI=1S/C72H134O6/c1-4-7-10-13-16-19-22-24-26-28-30-32-34-35-36-37-39-40-42-44-46-48-50-53-56-59-62-65-71(74)77-68-69(67-76-70(73)64-61-58-55-52-21-18-15-12-9-6-3)78-72(75)66-63-60-57-54-51-49-47-45-43-41-38-33-31-29-27-25-23-20-17-14-11-8-5-2/h23,25,28-31,69H,4-22,24,26-27,32-68H2,1-3H3/b25-23-,30-28-,31-29-. The maximum Gasteiger partial charge on any atom is 0.306 e. The third kappa shape index (κ3) is 64.5. The van der Waals surface area contributed by atoms with Gasteiger partial charge in [-0.15, -0.1) is 0 Å². The van der Waals surface area contributed by atoms with Crippen molar-refractivity contribution >= 4 is 17.9 Å². The van der Waals surface area contributed by atoms with Crippen molar-refractivity contribution in [3.8, 4) is 0 Å². The van der Waals surface area contributed by atoms with Crippen molar-refractivity contribution in [2.75, 3.05) is 13.2 Å². The third-order valence-electron chi connectivity index (χ3n) is 15.9. The number of hydrogen-bond donors (Lipinski definition) is 0. The Morgan fingerprint density at radius 3 is 0.718 bits per heavy atom. The zero-order valence-corrected chi connectivity index (χ0v) is 52.7. The van der Waals surface area contributed by atoms with Crippen LogP contribution in [0.3, 0.4) is 0 Å². The van der Waals surface area contributed by atoms with E-state index in [4.69, 9.17) is 14.2 Å². The fourth-order valence-corrected chi connectivity index (χ4v) is 10.6. The third-order valence-corrected chi connectivity index (χ3v) is 15.9. The van der Waals surface area contributed by atoms with E-state index in [0.717, 1.165) is 64.2 Å². The molecule has 6 nitrogen and oxygen atoms in total. The molecule has 0 saturated heterocycles. The molecular weight excluding hydrogens is 961 g/mol. The van der Waals surface area contributed by atoms with E-state index in [9.17, 15) is 14.4 Å². The molecule has 0 aromatic heterocycles. The predicted octanol–water partition coefficient (Wildman–Crippen LogP) is 23.9. The number of ether oxygens (including phenoxy) is 3. The fourth-order valence-electron chi connectivity index (χ4n) is 10.6. The molecule has 78 heavy (non-hydrogen) atoms. The van der Waals surface area contributed by atoms with Crippen LogP contribution in [0.15, 0.2) is 36.5 Å². The van der Waals surface area contributed by atoms with Gasteiger partial charge in [-0.25, -0.2) is 0 Å². The van der Waals surface area contributed by atoms with Gasteiger partial charge in [0, 0.05) is 19.3 Å². The van der Waals surface area contributed by atoms with E-state index < -0.39 is 6.10 Å². The van der Waals surface area contributed by atoms with Gasteiger partial charge in [0.15, 0.2) is 6.10 Å². The first-order valence-electron chi connectivity index (χ1n) is 35.0. The second kappa shape index (κ2) is 67.1. The monoisotopic (exact) mass is 1100 g/mol. The lowest BCUT2D eigenvalue weighted by molar-refractivity contribution is -0.167. The first kappa shape index (κ1) is 75.6. The number of allylic oxidation sites excluding steroid dienone is 6. The highest BCUT2D eigenvalue weighted by Gasteiger charge is 2.19. The Morgan fingerprint density at radius 1 is 0.256 bits per heavy atom. The van der Waals surface area contributed by atoms with E-state index in [2.05, 4.69) is 57.2 Å². The highest BCUT2D eigenvalue weighted by Crippen LogP contribution is 2.18. The molecule has 1 atom stereocenters. The summed E-state index contributed by atoms with van der Waals surface area (Å²) in [6, 6.07) is 0. The van der Waals surface area contributed by atoms with Gasteiger partial charge < -0.3 is 14.2 Å². The zero-order chi connectivity index (χ0) is 56.4. The SMILES string of the molecule is CCCCCCC/C=C\C/C=C\CCCCCCCCCCCCCC(=O)OC(COC(=O)CCCCCCCCCCCC)COC(=O)CCCCCCCCCCCCCCCCC/C=C\CCCCCCCCCC. The van der Waals surface area contributed by atoms with E-state index >= 15 is 0 Å². The molecule has 0 aromatic rings. The Balaban J connectivity index is 4.15. The molecule has 0 aliphatic heterocycles. The highest BCUT2D eigenvalue weighted by molar-refractivity contribution is 5.71. The van der Waals surface area contributed by atoms with Crippen LogP contribution >= 0.6 is 0 Å². The zero-order valence-electron chi connectivity index (χ0n) is 52.7. The van der Waals surface area contributed by atoms with Gasteiger partial charge in [-0.3, -0.25) is 14.4 Å². The van der Waals surface area contributed by atoms with Gasteiger partial charge in [-0.1, -0.05) is 327 Å². The molecular formula is C72H134O6. The molecule has 0 aliphatic carbocycles. The lowest BCUT2D eigenvalue weighted by atomic mass is 10.0. The van der Waals surface area contributed by atoms with Crippen LogP contribution in [0.5, 0.6) is 0 Å². The highest BCUT2D eigenvalue weighted by atomic mass is 16.6. The van der Waals surface area contributed by atoms with Crippen LogP contribution in [-0.4, -0.2) is 37.2 Å². The molecule has 0 fully saturated rings. The van der Waals surface area contributed by atoms with Crippen LogP contribution < -0.4 is 0 Å². The van der Waals surface area contributed by atoms with E-state index in [1.165, 1.54) is 283 Å². The van der Waals surface area contributed by atoms with Gasteiger partial charge in [0.1, 0.15) is 13.2 Å². The molecule has 6 heteroatoms. The minimum Gasteiger partial charge on any atom is -0.462 e. The first-order valence-corrected chi connectivity index (χ1v) is 35.0. The second-order valence-corrected chi connectivity index (χ2v) is 23.8. The van der Waals surface area contributed by atoms with Crippen molar-refractivity contribution in [1.29, 1.82) is 0 Å². The van der Waals surface area contributed by atoms with E-state index in [0.29, 0.717) is 19.3 Å². The van der Waals surface area contributed by atoms with Crippen molar-refractivity contribution in [3.63, 3.8) is 0 Å². The lowest BCUT2D eigenvalue weighted by Crippen LogP contribution is -2.30. The summed E-state index contributed by atoms with van der Waals surface area (Å²) in [5.41, 5.74) is 0. The normalized spacial score (nSPS) is 12.2. The average Bonchev–Trinajstić information content (AvgIpc) is 3.44. The van der Waals surface area contributed by atoms with Crippen LogP contribution in [0.25, 0.3) is 0 Å². The summed E-state index contributed by atoms with van der Waals surface area (Å²) < 4.78 is 17.0. The summed E-state index contributed by atoms with van der Waals surface area (Å²) in [7, 11) is 0. The Hall–Kier alpha value is -2.37. The summed E-state index contributed by atoms with van der Waals surface area (Å²) in [5.74, 6) is -0.845. The lowest BCUT2D eigenvalue weighted by Gasteiger charge is -2.18. The minimum atomic E-state index is -0.770. The average molecular weight is 1100 g/mol. The fraction of sp³-hybridized carbons (Fsp3) is 0.875. The summed E-state index contributed by atoms with van der Waals surface area (Å²) in [6.45, 7) is 6.68. The Bertz CT molecular complexity index is 1300. The maximum atomic E-state index is 12.9. The van der Waals surface area contributed by atoms with E-state index in [1.807, 2.05) is 0 Å². The number of rotatable bonds is 65. The van der Waals surface area contributed by atoms with Crippen LogP contribution in [0, 0.1) is 0 Å². The summed E-state index contributed by atoms with van der Waals surface area (Å²) >= 11 is 0. The van der Waals surface area contributed by atoms with Crippen molar-refractivity contribution in [2.24, 2.45) is 0 Å². The van der Waals surface area contributed by atoms with Gasteiger partial charge in [-0.05, 0) is 77.0 Å². The Labute approximate surface area is 486 Å². The number of hydrogen-bond acceptors (Lipinski definition) is 6. The molecule has 0 amide bonds. The number of carbonyl (C=O) groups is 3. The van der Waals surface area contributed by atoms with Gasteiger partial charge in [0.05, 0.1) is 0 Å². The molecule has 0 spiro atoms. The topological polar surface area (TPSA) is 78.9 Å². The van der Waals surface area contributed by atoms with E-state index in [1.54, 1.807) is 0 Å². The summed E-state index contributed by atoms with van der Waals surface area (Å²) in [4.78, 5) is 38.3. The van der Waals surface area contributed by atoms with Gasteiger partial charge in [0.25, 0.3) is 0 Å². The quantitative estimate of drug-likeness (QED) is 0.0261. The molecule has 0 N–H and O–H groups in total. The molecule has 0 rings (SSSR count). The Morgan fingerprint density at radius 2 is 0.462 bits per heavy atom. The van der Waals surface area contributed by atoms with Crippen LogP contribution in [0.1, 0.15) is 387 Å². The predicted molar refractivity (Wildman–Crippen MR) is 339 cm³/mol. The molecule has 0 saturated carbocycles. The molecule has 0 radical (unpaired) electrons. The molecule has 458 valence electrons. The number of carbonyl (C=O) groups excluding carboxylic acids is 3. The summed E-state index contributed by atoms with van der Waals surface area (Å²) in [5, 5.41) is 0. The molecule has 0 heterocycles. The van der Waals surface area contributed by atoms with Crippen molar-refractivity contribution < 1.29 is 28.6 Å². The van der Waals surface area contributed by atoms with Crippen LogP contribution in [-0.2, 0) is 28.6 Å². The summed E-state index contributed by atoms with van der Waals surface area (Å²) in [6.07, 6.45) is 83.2. The van der Waals surface area contributed by atoms with Crippen LogP contribution in [0.4, 0.5) is 0 Å². The van der Waals surface area contributed by atoms with Gasteiger partial charge in [-0.2, -0.15) is 0 Å². The Kier molecular flexibility index (Phi) is 65.1. The van der Waals surface area contributed by atoms with Crippen molar-refractivity contribution in [2.45, 2.75) is 393 Å². The largest absolute Gasteiger partial charge is 0.462 e. The smallest absolute Gasteiger partial charge is 0.306 e. The van der Waals surface area contributed by atoms with Crippen molar-refractivity contribution in [1.82, 2.24) is 0 Å². The molecule has 1 unspecified atom stereocenters. The maximum absolute atomic E-state index is 12.9. The molecule has 0 aliphatic rings. The molecule has 0 bridgehead atoms. The number of esters is 3. The van der Waals surface area contributed by atoms with Crippen LogP contribution in [0.2, 0.25) is 0 Å². The van der Waals surface area contributed by atoms with Gasteiger partial charge >= 0.3 is 17.9 Å². The second-order valence-electron chi connectivity index (χ2n) is 23.8. The van der Waals surface area contributed by atoms with E-state index in [-0.39, 0.29) is 31.1 Å². The van der Waals surface area contributed by atoms with Gasteiger partial charge in [0.2, 0.25) is 0 Å². The first-order chi connectivity index (χ1) is 38.5. The number of unbranched alkanes of at least 4 members (excludes halogenated alkanes) is 48. The molecule has 0 aromatic carbocycles.